The number of fused-ring (bicyclic) bond motifs is 1. The maximum atomic E-state index is 12.4. The Morgan fingerprint density at radius 2 is 1.83 bits per heavy atom. The average molecular weight is 386 g/mol. The topological polar surface area (TPSA) is 81.4 Å². The van der Waals surface area contributed by atoms with Gasteiger partial charge in [0.05, 0.1) is 10.9 Å². The number of nitrogens with one attached hydrogen (secondary N) is 1. The van der Waals surface area contributed by atoms with Gasteiger partial charge in [-0.25, -0.2) is 4.79 Å². The number of rotatable bonds is 5. The van der Waals surface area contributed by atoms with Crippen LogP contribution in [-0.2, 0) is 9.53 Å². The Morgan fingerprint density at radius 3 is 2.62 bits per heavy atom. The van der Waals surface area contributed by atoms with E-state index in [1.54, 1.807) is 24.3 Å². The fraction of sp³-hybridized carbons (Fsp3) is 0.0870. The molecule has 0 saturated heterocycles. The Labute approximate surface area is 167 Å². The molecule has 1 amide bonds. The van der Waals surface area contributed by atoms with Crippen molar-refractivity contribution >= 4 is 28.5 Å². The molecule has 0 aliphatic heterocycles. The molecule has 4 rings (SSSR count). The van der Waals surface area contributed by atoms with Gasteiger partial charge in [0.1, 0.15) is 5.52 Å². The predicted octanol–water partition coefficient (Wildman–Crippen LogP) is 4.60. The lowest BCUT2D eigenvalue weighted by Crippen LogP contribution is -2.20. The van der Waals surface area contributed by atoms with Crippen LogP contribution in [0.25, 0.3) is 22.2 Å². The Balaban J connectivity index is 1.46. The predicted molar refractivity (Wildman–Crippen MR) is 110 cm³/mol. The quantitative estimate of drug-likeness (QED) is 0.507. The Kier molecular flexibility index (Phi) is 5.07. The first-order chi connectivity index (χ1) is 14.1. The van der Waals surface area contributed by atoms with Crippen LogP contribution in [0, 0.1) is 6.92 Å². The molecule has 4 aromatic rings. The van der Waals surface area contributed by atoms with E-state index in [-0.39, 0.29) is 6.61 Å². The van der Waals surface area contributed by atoms with Gasteiger partial charge in [-0.2, -0.15) is 0 Å². The summed E-state index contributed by atoms with van der Waals surface area (Å²) >= 11 is 0. The van der Waals surface area contributed by atoms with E-state index in [2.05, 4.69) is 10.5 Å². The van der Waals surface area contributed by atoms with Gasteiger partial charge in [-0.3, -0.25) is 4.79 Å². The molecule has 144 valence electrons. The van der Waals surface area contributed by atoms with E-state index in [9.17, 15) is 9.59 Å². The van der Waals surface area contributed by atoms with E-state index in [0.717, 1.165) is 11.1 Å². The van der Waals surface area contributed by atoms with Crippen LogP contribution in [0.3, 0.4) is 0 Å². The molecule has 0 unspecified atom stereocenters. The third-order valence-corrected chi connectivity index (χ3v) is 4.38. The number of hydrogen-bond donors (Lipinski definition) is 1. The maximum absolute atomic E-state index is 12.4. The van der Waals surface area contributed by atoms with Gasteiger partial charge in [-0.15, -0.1) is 0 Å². The number of esters is 1. The molecule has 1 N–H and O–H groups in total. The molecule has 0 bridgehead atoms. The highest BCUT2D eigenvalue weighted by Gasteiger charge is 2.15. The summed E-state index contributed by atoms with van der Waals surface area (Å²) < 4.78 is 10.6. The highest BCUT2D eigenvalue weighted by atomic mass is 16.5. The summed E-state index contributed by atoms with van der Waals surface area (Å²) in [4.78, 5) is 24.5. The number of ether oxygens (including phenoxy) is 1. The van der Waals surface area contributed by atoms with Crippen LogP contribution >= 0.6 is 0 Å². The first-order valence-corrected chi connectivity index (χ1v) is 9.08. The number of aromatic nitrogens is 1. The molecule has 0 atom stereocenters. The van der Waals surface area contributed by atoms with Gasteiger partial charge in [0.15, 0.2) is 12.4 Å². The number of carbonyl (C=O) groups excluding carboxylic acids is 2. The van der Waals surface area contributed by atoms with Gasteiger partial charge in [0.2, 0.25) is 0 Å². The second kappa shape index (κ2) is 7.98. The van der Waals surface area contributed by atoms with Crippen molar-refractivity contribution in [2.24, 2.45) is 0 Å². The number of benzene rings is 3. The average Bonchev–Trinajstić information content (AvgIpc) is 3.16. The van der Waals surface area contributed by atoms with E-state index in [1.165, 1.54) is 0 Å². The number of carbonyl (C=O) groups is 2. The summed E-state index contributed by atoms with van der Waals surface area (Å²) in [6.45, 7) is 1.56. The molecule has 1 heterocycles. The summed E-state index contributed by atoms with van der Waals surface area (Å²) in [6, 6.07) is 21.8. The zero-order valence-electron chi connectivity index (χ0n) is 15.7. The standard InChI is InChI=1S/C23H18N2O4/c1-15-6-5-9-18(12-15)24-21(26)14-28-23(27)17-10-11-20-19(13-17)22(29-25-20)16-7-3-2-4-8-16/h2-13H,14H2,1H3,(H,24,26). The summed E-state index contributed by atoms with van der Waals surface area (Å²) in [5.41, 5.74) is 3.50. The highest BCUT2D eigenvalue weighted by Crippen LogP contribution is 2.29. The molecular formula is C23H18N2O4. The zero-order valence-corrected chi connectivity index (χ0v) is 15.7. The van der Waals surface area contributed by atoms with Crippen LogP contribution in [0.15, 0.2) is 77.3 Å². The molecule has 3 aromatic carbocycles. The Hall–Kier alpha value is -3.93. The minimum Gasteiger partial charge on any atom is -0.452 e. The van der Waals surface area contributed by atoms with Crippen LogP contribution in [0.1, 0.15) is 15.9 Å². The first-order valence-electron chi connectivity index (χ1n) is 9.08. The van der Waals surface area contributed by atoms with E-state index in [4.69, 9.17) is 9.26 Å². The van der Waals surface area contributed by atoms with E-state index >= 15 is 0 Å². The lowest BCUT2D eigenvalue weighted by atomic mass is 10.1. The van der Waals surface area contributed by atoms with Crippen LogP contribution in [0.4, 0.5) is 5.69 Å². The first kappa shape index (κ1) is 18.4. The van der Waals surface area contributed by atoms with Crippen LogP contribution in [-0.4, -0.2) is 23.6 Å². The molecule has 0 spiro atoms. The zero-order chi connectivity index (χ0) is 20.2. The van der Waals surface area contributed by atoms with Crippen molar-refractivity contribution in [1.29, 1.82) is 0 Å². The van der Waals surface area contributed by atoms with Crippen molar-refractivity contribution in [1.82, 2.24) is 5.16 Å². The Morgan fingerprint density at radius 1 is 1.00 bits per heavy atom. The SMILES string of the molecule is Cc1cccc(NC(=O)COC(=O)c2ccc3noc(-c4ccccc4)c3c2)c1. The second-order valence-electron chi connectivity index (χ2n) is 6.60. The summed E-state index contributed by atoms with van der Waals surface area (Å²) in [5, 5.41) is 7.44. The van der Waals surface area contributed by atoms with Crippen molar-refractivity contribution in [3.05, 3.63) is 83.9 Å². The van der Waals surface area contributed by atoms with Gasteiger partial charge in [0, 0.05) is 11.3 Å². The number of nitrogens with zero attached hydrogens (tertiary/aromatic N) is 1. The largest absolute Gasteiger partial charge is 0.452 e. The molecule has 1 aromatic heterocycles. The molecule has 6 heteroatoms. The number of aryl methyl sites for hydroxylation is 1. The summed E-state index contributed by atoms with van der Waals surface area (Å²) in [6.07, 6.45) is 0. The molecule has 0 radical (unpaired) electrons. The third-order valence-electron chi connectivity index (χ3n) is 4.38. The number of hydrogen-bond acceptors (Lipinski definition) is 5. The lowest BCUT2D eigenvalue weighted by molar-refractivity contribution is -0.119. The monoisotopic (exact) mass is 386 g/mol. The lowest BCUT2D eigenvalue weighted by Gasteiger charge is -2.07. The number of amides is 1. The van der Waals surface area contributed by atoms with Gasteiger partial charge in [-0.1, -0.05) is 47.6 Å². The van der Waals surface area contributed by atoms with Crippen molar-refractivity contribution in [2.75, 3.05) is 11.9 Å². The fourth-order valence-corrected chi connectivity index (χ4v) is 3.00. The van der Waals surface area contributed by atoms with Crippen LogP contribution < -0.4 is 5.32 Å². The fourth-order valence-electron chi connectivity index (χ4n) is 3.00. The number of anilines is 1. The van der Waals surface area contributed by atoms with Crippen molar-refractivity contribution in [2.45, 2.75) is 6.92 Å². The molecule has 0 aliphatic carbocycles. The van der Waals surface area contributed by atoms with Crippen molar-refractivity contribution in [3.63, 3.8) is 0 Å². The Bertz CT molecular complexity index is 1180. The van der Waals surface area contributed by atoms with E-state index < -0.39 is 11.9 Å². The minimum atomic E-state index is -0.591. The molecule has 29 heavy (non-hydrogen) atoms. The smallest absolute Gasteiger partial charge is 0.338 e. The van der Waals surface area contributed by atoms with E-state index in [1.807, 2.05) is 55.5 Å². The summed E-state index contributed by atoms with van der Waals surface area (Å²) in [7, 11) is 0. The van der Waals surface area contributed by atoms with Gasteiger partial charge in [0.25, 0.3) is 5.91 Å². The molecule has 0 fully saturated rings. The van der Waals surface area contributed by atoms with Gasteiger partial charge >= 0.3 is 5.97 Å². The minimum absolute atomic E-state index is 0.321. The third kappa shape index (κ3) is 4.16. The highest BCUT2D eigenvalue weighted by molar-refractivity contribution is 6.00. The summed E-state index contributed by atoms with van der Waals surface area (Å²) in [5.74, 6) is -0.418. The maximum Gasteiger partial charge on any atom is 0.338 e. The van der Waals surface area contributed by atoms with E-state index in [0.29, 0.717) is 27.9 Å². The molecular weight excluding hydrogens is 368 g/mol. The normalized spacial score (nSPS) is 10.7. The van der Waals surface area contributed by atoms with Gasteiger partial charge < -0.3 is 14.6 Å². The molecule has 0 aliphatic rings. The van der Waals surface area contributed by atoms with Crippen molar-refractivity contribution in [3.8, 4) is 11.3 Å². The van der Waals surface area contributed by atoms with Crippen LogP contribution in [0.2, 0.25) is 0 Å². The van der Waals surface area contributed by atoms with Crippen molar-refractivity contribution < 1.29 is 18.8 Å². The van der Waals surface area contributed by atoms with Gasteiger partial charge in [-0.05, 0) is 42.8 Å². The second-order valence-corrected chi connectivity index (χ2v) is 6.60. The molecule has 0 saturated carbocycles. The molecule has 6 nitrogen and oxygen atoms in total. The van der Waals surface area contributed by atoms with Crippen LogP contribution in [0.5, 0.6) is 0 Å².